The molecule has 4 heterocycles. The SMILES string of the molecule is CC(C)=CCC[C@](C)(O[C@H]1O[C@H](CO[C@H]2O[C@H](CO)[C@@H](O)[C@H](O)[C@H]2O)[C@@H](O)[C@H](O)[C@H]1O)[C@H]1CC[C@]2(C)[C@@H]1[C@H](O)C[C@@H]1[C@@]3(C)CC[C@H](O[C@H]4O[C@H](CO)[C@@H](O)[C@H](O)[C@H]4O[C@@H]4O[C@H](CO)[C@@H](O)[C@H](O)[C@H]4O)C(C)(C)[C@@H]3CC[C@]12C. The van der Waals surface area contributed by atoms with Gasteiger partial charge >= 0.3 is 0 Å². The van der Waals surface area contributed by atoms with Gasteiger partial charge in [-0.2, -0.15) is 0 Å². The normalized spacial score (nSPS) is 52.7. The molecule has 8 aliphatic rings. The van der Waals surface area contributed by atoms with Gasteiger partial charge in [0.25, 0.3) is 0 Å². The Kier molecular flexibility index (Phi) is 18.9. The van der Waals surface area contributed by atoms with Crippen molar-refractivity contribution in [2.24, 2.45) is 45.3 Å². The largest absolute Gasteiger partial charge is 0.394 e. The van der Waals surface area contributed by atoms with Crippen LogP contribution in [0.2, 0.25) is 0 Å². The molecule has 0 aromatic rings. The maximum Gasteiger partial charge on any atom is 0.187 e. The van der Waals surface area contributed by atoms with Crippen molar-refractivity contribution in [2.45, 2.75) is 254 Å². The molecular weight excluding hydrogens is 1020 g/mol. The second-order valence-corrected chi connectivity index (χ2v) is 25.7. The van der Waals surface area contributed by atoms with Crippen molar-refractivity contribution in [3.63, 3.8) is 0 Å². The van der Waals surface area contributed by atoms with Crippen LogP contribution in [0.15, 0.2) is 11.6 Å². The quantitative estimate of drug-likeness (QED) is 0.0576. The number of aliphatic hydroxyl groups excluding tert-OH is 15. The molecular formula is C54H92O23. The van der Waals surface area contributed by atoms with Gasteiger partial charge in [-0.15, -0.1) is 0 Å². The van der Waals surface area contributed by atoms with Gasteiger partial charge in [-0.25, -0.2) is 0 Å². The maximum absolute atomic E-state index is 12.8. The van der Waals surface area contributed by atoms with Gasteiger partial charge in [0.05, 0.1) is 44.2 Å². The van der Waals surface area contributed by atoms with Gasteiger partial charge in [-0.3, -0.25) is 0 Å². The Bertz CT molecular complexity index is 1990. The van der Waals surface area contributed by atoms with Crippen molar-refractivity contribution >= 4 is 0 Å². The van der Waals surface area contributed by atoms with Crippen LogP contribution in [0.4, 0.5) is 0 Å². The summed E-state index contributed by atoms with van der Waals surface area (Å²) in [6.45, 7) is 14.6. The summed E-state index contributed by atoms with van der Waals surface area (Å²) in [4.78, 5) is 0. The molecule has 0 unspecified atom stereocenters. The van der Waals surface area contributed by atoms with Gasteiger partial charge in [0.15, 0.2) is 25.2 Å². The minimum absolute atomic E-state index is 0.0374. The zero-order chi connectivity index (χ0) is 56.6. The molecule has 8 fully saturated rings. The fourth-order valence-electron chi connectivity index (χ4n) is 16.3. The van der Waals surface area contributed by atoms with Gasteiger partial charge in [0.2, 0.25) is 0 Å². The zero-order valence-electron chi connectivity index (χ0n) is 45.8. The first kappa shape index (κ1) is 61.9. The molecule has 23 heteroatoms. The van der Waals surface area contributed by atoms with E-state index < -0.39 is 178 Å². The minimum Gasteiger partial charge on any atom is -0.394 e. The Morgan fingerprint density at radius 3 is 1.64 bits per heavy atom. The van der Waals surface area contributed by atoms with Gasteiger partial charge in [0.1, 0.15) is 97.7 Å². The molecule has 8 rings (SSSR count). The summed E-state index contributed by atoms with van der Waals surface area (Å²) in [5.74, 6) is -0.475. The summed E-state index contributed by atoms with van der Waals surface area (Å²) in [6.07, 6.45) is -25.2. The lowest BCUT2D eigenvalue weighted by Gasteiger charge is -2.71. The predicted molar refractivity (Wildman–Crippen MR) is 266 cm³/mol. The topological polar surface area (TPSA) is 377 Å². The molecule has 15 N–H and O–H groups in total. The van der Waals surface area contributed by atoms with Crippen molar-refractivity contribution < 1.29 is 114 Å². The van der Waals surface area contributed by atoms with E-state index in [0.29, 0.717) is 38.5 Å². The molecule has 4 saturated carbocycles. The van der Waals surface area contributed by atoms with Crippen LogP contribution < -0.4 is 0 Å². The van der Waals surface area contributed by atoms with E-state index in [1.807, 2.05) is 20.8 Å². The standard InChI is InChI=1S/C54H92O23/c1-23(2)10-9-14-54(8,77-48-44(69)40(65)37(62)29(74-48)22-70-46-42(67)38(63)34(59)26(19-55)71-46)24-11-16-53(7)33(24)25(58)18-31-51(5)15-13-32(50(3,4)30(51)12-17-52(31,53)6)75-49-45(41(66)36(61)28(21-57)73-49)76-47-43(68)39(64)35(60)27(20-56)72-47/h10,24-49,55-69H,9,11-22H2,1-8H3/t24-,25+,26+,27+,28+,29+,30-,31+,32-,33-,34+,35+,36+,37+,38-,39-,40-,41-,42+,43+,44+,45+,46-,47-,48+,49+,51-,52+,53+,54-/m0/s1. The monoisotopic (exact) mass is 1110 g/mol. The van der Waals surface area contributed by atoms with E-state index in [1.54, 1.807) is 0 Å². The number of rotatable bonds is 16. The van der Waals surface area contributed by atoms with E-state index in [-0.39, 0.29) is 34.5 Å². The van der Waals surface area contributed by atoms with Gasteiger partial charge in [-0.1, -0.05) is 46.3 Å². The van der Waals surface area contributed by atoms with Crippen LogP contribution in [0.25, 0.3) is 0 Å². The first-order valence-electron chi connectivity index (χ1n) is 27.9. The summed E-state index contributed by atoms with van der Waals surface area (Å²) in [6, 6.07) is 0. The highest BCUT2D eigenvalue weighted by Crippen LogP contribution is 2.76. The van der Waals surface area contributed by atoms with E-state index in [1.165, 1.54) is 0 Å². The summed E-state index contributed by atoms with van der Waals surface area (Å²) in [5, 5.41) is 162. The van der Waals surface area contributed by atoms with Crippen LogP contribution >= 0.6 is 0 Å². The minimum atomic E-state index is -1.82. The van der Waals surface area contributed by atoms with Crippen molar-refractivity contribution in [1.29, 1.82) is 0 Å². The smallest absolute Gasteiger partial charge is 0.187 e. The van der Waals surface area contributed by atoms with Gasteiger partial charge in [-0.05, 0) is 124 Å². The first-order valence-corrected chi connectivity index (χ1v) is 27.9. The van der Waals surface area contributed by atoms with Gasteiger partial charge < -0.3 is 114 Å². The lowest BCUT2D eigenvalue weighted by atomic mass is 9.35. The molecule has 0 spiro atoms. The van der Waals surface area contributed by atoms with Crippen LogP contribution in [0.3, 0.4) is 0 Å². The summed E-state index contributed by atoms with van der Waals surface area (Å²) >= 11 is 0. The van der Waals surface area contributed by atoms with E-state index in [4.69, 9.17) is 37.9 Å². The van der Waals surface area contributed by atoms with Crippen molar-refractivity contribution in [3.8, 4) is 0 Å². The van der Waals surface area contributed by atoms with E-state index in [9.17, 15) is 76.6 Å². The van der Waals surface area contributed by atoms with Crippen LogP contribution in [0.1, 0.15) is 113 Å². The highest BCUT2D eigenvalue weighted by Gasteiger charge is 2.72. The van der Waals surface area contributed by atoms with Crippen molar-refractivity contribution in [1.82, 2.24) is 0 Å². The average Bonchev–Trinajstić information content (AvgIpc) is 3.96. The Morgan fingerprint density at radius 1 is 0.545 bits per heavy atom. The molecule has 4 saturated heterocycles. The highest BCUT2D eigenvalue weighted by atomic mass is 16.8. The molecule has 30 atom stereocenters. The summed E-state index contributed by atoms with van der Waals surface area (Å²) in [5.41, 5.74) is -1.59. The van der Waals surface area contributed by atoms with Crippen LogP contribution in [-0.2, 0) is 37.9 Å². The third kappa shape index (κ3) is 10.9. The summed E-state index contributed by atoms with van der Waals surface area (Å²) in [7, 11) is 0. The molecule has 0 aromatic heterocycles. The fourth-order valence-corrected chi connectivity index (χ4v) is 16.3. The van der Waals surface area contributed by atoms with E-state index in [0.717, 1.165) is 24.8 Å². The number of hydrogen-bond donors (Lipinski definition) is 15. The lowest BCUT2D eigenvalue weighted by Crippen LogP contribution is -2.68. The molecule has 77 heavy (non-hydrogen) atoms. The van der Waals surface area contributed by atoms with Crippen molar-refractivity contribution in [3.05, 3.63) is 11.6 Å². The molecule has 446 valence electrons. The average molecular weight is 1110 g/mol. The third-order valence-corrected chi connectivity index (χ3v) is 20.9. The number of allylic oxidation sites excluding steroid dienone is 2. The zero-order valence-corrected chi connectivity index (χ0v) is 45.8. The second kappa shape index (κ2) is 23.5. The van der Waals surface area contributed by atoms with E-state index in [2.05, 4.69) is 40.7 Å². The molecule has 0 radical (unpaired) electrons. The molecule has 4 aliphatic carbocycles. The fraction of sp³-hybridized carbons (Fsp3) is 0.963. The molecule has 0 bridgehead atoms. The van der Waals surface area contributed by atoms with Gasteiger partial charge in [0, 0.05) is 0 Å². The Labute approximate surface area is 450 Å². The number of hydrogen-bond acceptors (Lipinski definition) is 23. The van der Waals surface area contributed by atoms with Crippen molar-refractivity contribution in [2.75, 3.05) is 26.4 Å². The first-order chi connectivity index (χ1) is 36.0. The molecule has 23 nitrogen and oxygen atoms in total. The molecule has 0 aromatic carbocycles. The highest BCUT2D eigenvalue weighted by molar-refractivity contribution is 5.20. The molecule has 4 aliphatic heterocycles. The Morgan fingerprint density at radius 2 is 1.05 bits per heavy atom. The molecule has 0 amide bonds. The Balaban J connectivity index is 1.01. The third-order valence-electron chi connectivity index (χ3n) is 20.9. The van der Waals surface area contributed by atoms with Crippen LogP contribution in [0, 0.1) is 45.3 Å². The number of fused-ring (bicyclic) bond motifs is 5. The van der Waals surface area contributed by atoms with E-state index >= 15 is 0 Å². The Hall–Kier alpha value is -1.18. The van der Waals surface area contributed by atoms with Crippen LogP contribution in [-0.4, -0.2) is 244 Å². The summed E-state index contributed by atoms with van der Waals surface area (Å²) < 4.78 is 48.9. The maximum atomic E-state index is 12.8. The second-order valence-electron chi connectivity index (χ2n) is 25.7. The van der Waals surface area contributed by atoms with Crippen LogP contribution in [0.5, 0.6) is 0 Å². The lowest BCUT2D eigenvalue weighted by molar-refractivity contribution is -0.378. The predicted octanol–water partition coefficient (Wildman–Crippen LogP) is -2.20. The number of aliphatic hydroxyl groups is 15. The number of ether oxygens (including phenoxy) is 8.